The second kappa shape index (κ2) is 8.19. The van der Waals surface area contributed by atoms with Gasteiger partial charge in [0, 0.05) is 18.7 Å². The van der Waals surface area contributed by atoms with Gasteiger partial charge >= 0.3 is 0 Å². The molecule has 0 spiro atoms. The van der Waals surface area contributed by atoms with Crippen molar-refractivity contribution in [2.24, 2.45) is 0 Å². The van der Waals surface area contributed by atoms with E-state index in [1.165, 1.54) is 37.9 Å². The van der Waals surface area contributed by atoms with Crippen LogP contribution >= 0.6 is 11.6 Å². The molecule has 0 aromatic heterocycles. The minimum absolute atomic E-state index is 0.129. The number of fused-ring (bicyclic) bond motifs is 1. The highest BCUT2D eigenvalue weighted by Gasteiger charge is 2.20. The van der Waals surface area contributed by atoms with Gasteiger partial charge in [-0.3, -0.25) is 9.69 Å². The Morgan fingerprint density at radius 2 is 1.78 bits per heavy atom. The topological polar surface area (TPSA) is 50.8 Å². The molecule has 142 valence electrons. The predicted octanol–water partition coefficient (Wildman–Crippen LogP) is 3.98. The Hall–Kier alpha value is -2.24. The number of halogens is 1. The highest BCUT2D eigenvalue weighted by Crippen LogP contribution is 2.39. The molecule has 2 heterocycles. The quantitative estimate of drug-likeness (QED) is 0.844. The van der Waals surface area contributed by atoms with Crippen LogP contribution < -0.4 is 14.8 Å². The summed E-state index contributed by atoms with van der Waals surface area (Å²) in [6.07, 6.45) is 3.95. The van der Waals surface area contributed by atoms with E-state index in [4.69, 9.17) is 21.1 Å². The monoisotopic (exact) mass is 386 g/mol. The lowest BCUT2D eigenvalue weighted by Crippen LogP contribution is -2.29. The molecule has 27 heavy (non-hydrogen) atoms. The Balaban J connectivity index is 1.33. The maximum absolute atomic E-state index is 12.4. The minimum Gasteiger partial charge on any atom is -0.454 e. The number of amides is 1. The third-order valence-corrected chi connectivity index (χ3v) is 5.30. The molecule has 4 rings (SSSR count). The van der Waals surface area contributed by atoms with Gasteiger partial charge in [0.2, 0.25) is 6.79 Å². The van der Waals surface area contributed by atoms with E-state index >= 15 is 0 Å². The van der Waals surface area contributed by atoms with Crippen molar-refractivity contribution in [1.82, 2.24) is 10.2 Å². The fourth-order valence-electron chi connectivity index (χ4n) is 3.52. The van der Waals surface area contributed by atoms with Gasteiger partial charge in [0.05, 0.1) is 5.02 Å². The Kier molecular flexibility index (Phi) is 5.50. The van der Waals surface area contributed by atoms with Crippen molar-refractivity contribution in [2.45, 2.75) is 32.4 Å². The summed E-state index contributed by atoms with van der Waals surface area (Å²) in [5.74, 6) is 0.819. The van der Waals surface area contributed by atoms with Crippen molar-refractivity contribution in [3.8, 4) is 11.5 Å². The van der Waals surface area contributed by atoms with E-state index in [1.54, 1.807) is 12.1 Å². The molecule has 2 aromatic rings. The second-order valence-corrected chi connectivity index (χ2v) is 7.44. The van der Waals surface area contributed by atoms with Crippen LogP contribution in [0.1, 0.15) is 40.7 Å². The number of hydrogen-bond donors (Lipinski definition) is 1. The minimum atomic E-state index is -0.187. The Morgan fingerprint density at radius 3 is 2.56 bits per heavy atom. The lowest BCUT2D eigenvalue weighted by molar-refractivity contribution is 0.0950. The first-order chi connectivity index (χ1) is 13.2. The number of carbonyl (C=O) groups excluding carboxylic acids is 1. The summed E-state index contributed by atoms with van der Waals surface area (Å²) in [6.45, 7) is 3.98. The van der Waals surface area contributed by atoms with Crippen molar-refractivity contribution in [2.75, 3.05) is 19.9 Å². The molecule has 0 bridgehead atoms. The Labute approximate surface area is 164 Å². The summed E-state index contributed by atoms with van der Waals surface area (Å²) in [7, 11) is 0. The molecule has 6 heteroatoms. The van der Waals surface area contributed by atoms with E-state index in [-0.39, 0.29) is 12.7 Å². The van der Waals surface area contributed by atoms with Crippen LogP contribution in [0.15, 0.2) is 36.4 Å². The fraction of sp³-hybridized carbons (Fsp3) is 0.381. The molecule has 1 amide bonds. The molecule has 0 saturated carbocycles. The highest BCUT2D eigenvalue weighted by atomic mass is 35.5. The van der Waals surface area contributed by atoms with E-state index in [0.29, 0.717) is 28.6 Å². The lowest BCUT2D eigenvalue weighted by atomic mass is 10.1. The number of likely N-dealkylation sites (tertiary alicyclic amines) is 1. The molecule has 0 unspecified atom stereocenters. The van der Waals surface area contributed by atoms with Gasteiger partial charge in [0.25, 0.3) is 5.91 Å². The first-order valence-electron chi connectivity index (χ1n) is 9.36. The second-order valence-electron chi connectivity index (χ2n) is 7.03. The number of hydrogen-bond acceptors (Lipinski definition) is 4. The summed E-state index contributed by atoms with van der Waals surface area (Å²) < 4.78 is 10.6. The van der Waals surface area contributed by atoms with Gasteiger partial charge in [0.15, 0.2) is 11.5 Å². The smallest absolute Gasteiger partial charge is 0.251 e. The van der Waals surface area contributed by atoms with Crippen LogP contribution in [-0.2, 0) is 13.1 Å². The maximum atomic E-state index is 12.4. The zero-order valence-electron chi connectivity index (χ0n) is 15.2. The van der Waals surface area contributed by atoms with Crippen LogP contribution in [0.2, 0.25) is 5.02 Å². The maximum Gasteiger partial charge on any atom is 0.251 e. The van der Waals surface area contributed by atoms with Gasteiger partial charge in [-0.1, -0.05) is 42.3 Å². The average Bonchev–Trinajstić information content (AvgIpc) is 3.17. The van der Waals surface area contributed by atoms with Crippen molar-refractivity contribution in [3.63, 3.8) is 0 Å². The molecule has 5 nitrogen and oxygen atoms in total. The largest absolute Gasteiger partial charge is 0.454 e. The predicted molar refractivity (Wildman–Crippen MR) is 104 cm³/mol. The van der Waals surface area contributed by atoms with Gasteiger partial charge in [-0.2, -0.15) is 0 Å². The standard InChI is InChI=1S/C21H23ClN2O3/c22-18-10-17(11-19-20(18)27-14-26-19)21(25)23-12-15-4-6-16(7-5-15)13-24-8-2-1-3-9-24/h4-7,10-11H,1-3,8-9,12-14H2,(H,23,25). The average molecular weight is 387 g/mol. The van der Waals surface area contributed by atoms with Crippen molar-refractivity contribution >= 4 is 17.5 Å². The van der Waals surface area contributed by atoms with E-state index in [0.717, 1.165) is 12.1 Å². The number of nitrogens with one attached hydrogen (secondary N) is 1. The molecule has 2 aliphatic rings. The zero-order chi connectivity index (χ0) is 18.6. The summed E-state index contributed by atoms with van der Waals surface area (Å²) in [5, 5.41) is 3.32. The first kappa shape index (κ1) is 18.1. The number of carbonyl (C=O) groups is 1. The van der Waals surface area contributed by atoms with E-state index in [9.17, 15) is 4.79 Å². The molecule has 1 saturated heterocycles. The van der Waals surface area contributed by atoms with Gasteiger partial charge in [0.1, 0.15) is 0 Å². The highest BCUT2D eigenvalue weighted by molar-refractivity contribution is 6.32. The first-order valence-corrected chi connectivity index (χ1v) is 9.74. The molecule has 2 aromatic carbocycles. The van der Waals surface area contributed by atoms with Crippen molar-refractivity contribution < 1.29 is 14.3 Å². The number of rotatable bonds is 5. The molecule has 0 atom stereocenters. The third kappa shape index (κ3) is 4.37. The van der Waals surface area contributed by atoms with Gasteiger partial charge in [-0.15, -0.1) is 0 Å². The number of ether oxygens (including phenoxy) is 2. The fourth-order valence-corrected chi connectivity index (χ4v) is 3.79. The molecule has 2 aliphatic heterocycles. The molecule has 0 aliphatic carbocycles. The molecular weight excluding hydrogens is 364 g/mol. The zero-order valence-corrected chi connectivity index (χ0v) is 15.9. The number of piperidine rings is 1. The number of benzene rings is 2. The summed E-state index contributed by atoms with van der Waals surface area (Å²) in [5.41, 5.74) is 2.85. The van der Waals surface area contributed by atoms with Crippen LogP contribution in [0.4, 0.5) is 0 Å². The summed E-state index contributed by atoms with van der Waals surface area (Å²) in [6, 6.07) is 11.7. The molecule has 0 radical (unpaired) electrons. The molecule has 1 fully saturated rings. The van der Waals surface area contributed by atoms with E-state index in [2.05, 4.69) is 34.5 Å². The summed E-state index contributed by atoms with van der Waals surface area (Å²) in [4.78, 5) is 14.9. The van der Waals surface area contributed by atoms with Crippen LogP contribution in [0.5, 0.6) is 11.5 Å². The van der Waals surface area contributed by atoms with E-state index < -0.39 is 0 Å². The van der Waals surface area contributed by atoms with Crippen LogP contribution in [0.25, 0.3) is 0 Å². The van der Waals surface area contributed by atoms with Crippen molar-refractivity contribution in [1.29, 1.82) is 0 Å². The van der Waals surface area contributed by atoms with E-state index in [1.807, 2.05) is 0 Å². The van der Waals surface area contributed by atoms with Gasteiger partial charge < -0.3 is 14.8 Å². The SMILES string of the molecule is O=C(NCc1ccc(CN2CCCCC2)cc1)c1cc(Cl)c2c(c1)OCO2. The van der Waals surface area contributed by atoms with Crippen LogP contribution in [-0.4, -0.2) is 30.7 Å². The van der Waals surface area contributed by atoms with Crippen LogP contribution in [0.3, 0.4) is 0 Å². The normalized spacial score (nSPS) is 16.3. The lowest BCUT2D eigenvalue weighted by Gasteiger charge is -2.26. The third-order valence-electron chi connectivity index (χ3n) is 5.02. The van der Waals surface area contributed by atoms with Crippen LogP contribution in [0, 0.1) is 0 Å². The van der Waals surface area contributed by atoms with Gasteiger partial charge in [-0.25, -0.2) is 0 Å². The Morgan fingerprint density at radius 1 is 1.04 bits per heavy atom. The van der Waals surface area contributed by atoms with Gasteiger partial charge in [-0.05, 0) is 49.2 Å². The molecular formula is C21H23ClN2O3. The number of nitrogens with zero attached hydrogens (tertiary/aromatic N) is 1. The molecule has 1 N–H and O–H groups in total. The summed E-state index contributed by atoms with van der Waals surface area (Å²) >= 11 is 6.14. The van der Waals surface area contributed by atoms with Crippen molar-refractivity contribution in [3.05, 3.63) is 58.1 Å². The Bertz CT molecular complexity index is 817.